The summed E-state index contributed by atoms with van der Waals surface area (Å²) in [7, 11) is 0. The van der Waals surface area contributed by atoms with Gasteiger partial charge in [-0.15, -0.1) is 8.78 Å². The van der Waals surface area contributed by atoms with Crippen LogP contribution in [0.25, 0.3) is 0 Å². The average molecular weight is 201 g/mol. The molecular formula is C8H5F2NO3. The molecule has 0 fully saturated rings. The Morgan fingerprint density at radius 1 is 1.29 bits per heavy atom. The molecule has 0 radical (unpaired) electrons. The van der Waals surface area contributed by atoms with Crippen molar-refractivity contribution in [1.29, 1.82) is 0 Å². The maximum atomic E-state index is 12.5. The third-order valence-corrected chi connectivity index (χ3v) is 1.63. The summed E-state index contributed by atoms with van der Waals surface area (Å²) in [5.74, 6) is -0.113. The fourth-order valence-electron chi connectivity index (χ4n) is 1.11. The summed E-state index contributed by atoms with van der Waals surface area (Å²) < 4.78 is 33.4. The number of nitrogens with zero attached hydrogens (tertiary/aromatic N) is 1. The smallest absolute Gasteiger partial charge is 0.411 e. The van der Waals surface area contributed by atoms with Gasteiger partial charge in [-0.1, -0.05) is 5.16 Å². The zero-order valence-corrected chi connectivity index (χ0v) is 6.78. The number of ether oxygens (including phenoxy) is 2. The van der Waals surface area contributed by atoms with Crippen molar-refractivity contribution in [1.82, 2.24) is 0 Å². The molecule has 14 heavy (non-hydrogen) atoms. The molecule has 1 aliphatic heterocycles. The molecular weight excluding hydrogens is 196 g/mol. The number of hydrogen-bond acceptors (Lipinski definition) is 4. The molecule has 0 unspecified atom stereocenters. The van der Waals surface area contributed by atoms with E-state index in [1.54, 1.807) is 0 Å². The van der Waals surface area contributed by atoms with Crippen LogP contribution in [0.2, 0.25) is 0 Å². The Bertz CT molecular complexity index is 392. The highest BCUT2D eigenvalue weighted by atomic mass is 19.3. The predicted octanol–water partition coefficient (Wildman–Crippen LogP) is 1.82. The Morgan fingerprint density at radius 2 is 2.00 bits per heavy atom. The van der Waals surface area contributed by atoms with Crippen LogP contribution in [0.1, 0.15) is 5.56 Å². The van der Waals surface area contributed by atoms with Gasteiger partial charge in [0.2, 0.25) is 0 Å². The molecule has 6 heteroatoms. The molecule has 0 saturated heterocycles. The van der Waals surface area contributed by atoms with Crippen molar-refractivity contribution in [3.05, 3.63) is 23.8 Å². The van der Waals surface area contributed by atoms with Crippen LogP contribution >= 0.6 is 0 Å². The predicted molar refractivity (Wildman–Crippen MR) is 42.0 cm³/mol. The summed E-state index contributed by atoms with van der Waals surface area (Å²) in [6.07, 6.45) is -2.52. The van der Waals surface area contributed by atoms with Crippen molar-refractivity contribution in [3.63, 3.8) is 0 Å². The van der Waals surface area contributed by atoms with Gasteiger partial charge in [0.25, 0.3) is 0 Å². The Kier molecular flexibility index (Phi) is 1.77. The van der Waals surface area contributed by atoms with Crippen LogP contribution in [0.5, 0.6) is 11.5 Å². The van der Waals surface area contributed by atoms with Gasteiger partial charge in [0.05, 0.1) is 6.21 Å². The molecule has 0 atom stereocenters. The molecule has 1 aromatic carbocycles. The summed E-state index contributed by atoms with van der Waals surface area (Å²) in [6.45, 7) is 0. The maximum Gasteiger partial charge on any atom is 0.586 e. The second kappa shape index (κ2) is 2.83. The van der Waals surface area contributed by atoms with Crippen LogP contribution in [-0.2, 0) is 0 Å². The number of hydrogen-bond donors (Lipinski definition) is 1. The van der Waals surface area contributed by atoms with Crippen LogP contribution in [0.4, 0.5) is 8.78 Å². The molecule has 0 amide bonds. The van der Waals surface area contributed by atoms with Gasteiger partial charge in [0.1, 0.15) is 0 Å². The van der Waals surface area contributed by atoms with Crippen LogP contribution in [0.15, 0.2) is 23.4 Å². The van der Waals surface area contributed by atoms with E-state index in [1.165, 1.54) is 18.2 Å². The average Bonchev–Trinajstić information content (AvgIpc) is 2.38. The Hall–Kier alpha value is -1.85. The van der Waals surface area contributed by atoms with E-state index >= 15 is 0 Å². The van der Waals surface area contributed by atoms with Gasteiger partial charge in [-0.25, -0.2) is 0 Å². The van der Waals surface area contributed by atoms with E-state index in [-0.39, 0.29) is 11.5 Å². The highest BCUT2D eigenvalue weighted by Gasteiger charge is 2.43. The maximum absolute atomic E-state index is 12.5. The van der Waals surface area contributed by atoms with Crippen LogP contribution < -0.4 is 9.47 Å². The van der Waals surface area contributed by atoms with Gasteiger partial charge in [-0.05, 0) is 18.2 Å². The summed E-state index contributed by atoms with van der Waals surface area (Å²) in [5.41, 5.74) is 0.438. The lowest BCUT2D eigenvalue weighted by molar-refractivity contribution is -0.286. The standard InChI is InChI=1S/C8H5F2NO3/c9-8(10)13-6-2-1-5(4-11-12)3-7(6)14-8/h1-4,12H. The number of halogens is 2. The molecule has 2 rings (SSSR count). The largest absolute Gasteiger partial charge is 0.586 e. The molecule has 0 spiro atoms. The van der Waals surface area contributed by atoms with Crippen molar-refractivity contribution in [2.45, 2.75) is 6.29 Å². The minimum absolute atomic E-state index is 0.0370. The first-order chi connectivity index (χ1) is 6.61. The monoisotopic (exact) mass is 201 g/mol. The summed E-state index contributed by atoms with van der Waals surface area (Å²) in [4.78, 5) is 0. The molecule has 4 nitrogen and oxygen atoms in total. The summed E-state index contributed by atoms with van der Waals surface area (Å²) >= 11 is 0. The Morgan fingerprint density at radius 3 is 2.71 bits per heavy atom. The van der Waals surface area contributed by atoms with Crippen molar-refractivity contribution in [3.8, 4) is 11.5 Å². The van der Waals surface area contributed by atoms with E-state index in [1.807, 2.05) is 0 Å². The van der Waals surface area contributed by atoms with Gasteiger partial charge in [0.15, 0.2) is 11.5 Å². The lowest BCUT2D eigenvalue weighted by Gasteiger charge is -2.04. The quantitative estimate of drug-likeness (QED) is 0.428. The van der Waals surface area contributed by atoms with Crippen molar-refractivity contribution in [2.24, 2.45) is 5.16 Å². The summed E-state index contributed by atoms with van der Waals surface area (Å²) in [6, 6.07) is 4.06. The van der Waals surface area contributed by atoms with Crippen molar-refractivity contribution < 1.29 is 23.5 Å². The third kappa shape index (κ3) is 1.46. The van der Waals surface area contributed by atoms with Crippen LogP contribution in [0, 0.1) is 0 Å². The normalized spacial score (nSPS) is 17.6. The second-order valence-electron chi connectivity index (χ2n) is 2.62. The van der Waals surface area contributed by atoms with Gasteiger partial charge >= 0.3 is 6.29 Å². The van der Waals surface area contributed by atoms with Gasteiger partial charge in [-0.2, -0.15) is 0 Å². The van der Waals surface area contributed by atoms with E-state index in [2.05, 4.69) is 14.6 Å². The van der Waals surface area contributed by atoms with Crippen molar-refractivity contribution >= 4 is 6.21 Å². The first kappa shape index (κ1) is 8.74. The van der Waals surface area contributed by atoms with E-state index in [9.17, 15) is 8.78 Å². The molecule has 0 bridgehead atoms. The topological polar surface area (TPSA) is 51.1 Å². The first-order valence-corrected chi connectivity index (χ1v) is 3.68. The lowest BCUT2D eigenvalue weighted by atomic mass is 10.2. The van der Waals surface area contributed by atoms with Crippen LogP contribution in [-0.4, -0.2) is 17.7 Å². The molecule has 1 aliphatic rings. The minimum Gasteiger partial charge on any atom is -0.411 e. The zero-order chi connectivity index (χ0) is 10.2. The fraction of sp³-hybridized carbons (Fsp3) is 0.125. The first-order valence-electron chi connectivity index (χ1n) is 3.68. The number of rotatable bonds is 1. The molecule has 1 aromatic rings. The summed E-state index contributed by atoms with van der Waals surface area (Å²) in [5, 5.41) is 11.0. The Balaban J connectivity index is 2.35. The molecule has 1 N–H and O–H groups in total. The zero-order valence-electron chi connectivity index (χ0n) is 6.78. The van der Waals surface area contributed by atoms with Gasteiger partial charge in [-0.3, -0.25) is 0 Å². The highest BCUT2D eigenvalue weighted by Crippen LogP contribution is 2.40. The molecule has 0 aliphatic carbocycles. The molecule has 74 valence electrons. The molecule has 0 saturated carbocycles. The number of benzene rings is 1. The van der Waals surface area contributed by atoms with E-state index in [0.29, 0.717) is 5.56 Å². The van der Waals surface area contributed by atoms with Crippen molar-refractivity contribution in [2.75, 3.05) is 0 Å². The molecule has 1 heterocycles. The lowest BCUT2D eigenvalue weighted by Crippen LogP contribution is -2.25. The molecule has 0 aromatic heterocycles. The van der Waals surface area contributed by atoms with E-state index in [0.717, 1.165) is 6.21 Å². The van der Waals surface area contributed by atoms with Crippen LogP contribution in [0.3, 0.4) is 0 Å². The third-order valence-electron chi connectivity index (χ3n) is 1.63. The number of oxime groups is 1. The highest BCUT2D eigenvalue weighted by molar-refractivity contribution is 5.80. The van der Waals surface area contributed by atoms with Gasteiger partial charge in [0, 0.05) is 5.56 Å². The second-order valence-corrected chi connectivity index (χ2v) is 2.62. The van der Waals surface area contributed by atoms with Gasteiger partial charge < -0.3 is 14.7 Å². The number of fused-ring (bicyclic) bond motifs is 1. The minimum atomic E-state index is -3.61. The number of alkyl halides is 2. The van der Waals surface area contributed by atoms with E-state index in [4.69, 9.17) is 5.21 Å². The Labute approximate surface area is 77.4 Å². The van der Waals surface area contributed by atoms with E-state index < -0.39 is 6.29 Å². The fourth-order valence-corrected chi connectivity index (χ4v) is 1.11. The SMILES string of the molecule is ON=Cc1ccc2c(c1)OC(F)(F)O2.